The summed E-state index contributed by atoms with van der Waals surface area (Å²) in [5.74, 6) is 0.584. The monoisotopic (exact) mass is 365 g/mol. The molecule has 4 heterocycles. The summed E-state index contributed by atoms with van der Waals surface area (Å²) in [6.45, 7) is 5.41. The van der Waals surface area contributed by atoms with Crippen LogP contribution in [0.3, 0.4) is 0 Å². The molecular formula is C18H19N7O2. The molecule has 5 rings (SSSR count). The van der Waals surface area contributed by atoms with Crippen LogP contribution in [-0.2, 0) is 6.67 Å². The van der Waals surface area contributed by atoms with Gasteiger partial charge >= 0.3 is 0 Å². The second-order valence-electron chi connectivity index (χ2n) is 6.93. The van der Waals surface area contributed by atoms with E-state index in [1.54, 1.807) is 10.9 Å². The van der Waals surface area contributed by atoms with Gasteiger partial charge in [-0.25, -0.2) is 9.67 Å². The zero-order valence-corrected chi connectivity index (χ0v) is 14.8. The first-order valence-corrected chi connectivity index (χ1v) is 9.08. The summed E-state index contributed by atoms with van der Waals surface area (Å²) in [7, 11) is 0. The number of hydrogen-bond donors (Lipinski definition) is 0. The van der Waals surface area contributed by atoms with E-state index in [1.807, 2.05) is 23.1 Å². The van der Waals surface area contributed by atoms with E-state index in [0.29, 0.717) is 18.1 Å². The fourth-order valence-corrected chi connectivity index (χ4v) is 3.56. The zero-order chi connectivity index (χ0) is 18.4. The zero-order valence-electron chi connectivity index (χ0n) is 14.8. The molecule has 3 aliphatic rings. The summed E-state index contributed by atoms with van der Waals surface area (Å²) < 4.78 is 1.56. The number of pyridine rings is 1. The number of nitrogens with zero attached hydrogens (tertiary/aromatic N) is 7. The van der Waals surface area contributed by atoms with Crippen molar-refractivity contribution in [3.8, 4) is 0 Å². The van der Waals surface area contributed by atoms with Crippen LogP contribution in [0.15, 0.2) is 36.2 Å². The van der Waals surface area contributed by atoms with Gasteiger partial charge in [-0.2, -0.15) is 0 Å². The fraction of sp³-hybridized carbons (Fsp3) is 0.389. The van der Waals surface area contributed by atoms with Gasteiger partial charge in [0, 0.05) is 51.5 Å². The Bertz CT molecular complexity index is 924. The minimum Gasteiger partial charge on any atom is -0.365 e. The van der Waals surface area contributed by atoms with Crippen molar-refractivity contribution >= 4 is 17.4 Å². The molecule has 0 aromatic carbocycles. The van der Waals surface area contributed by atoms with Crippen molar-refractivity contribution in [2.45, 2.75) is 6.67 Å². The van der Waals surface area contributed by atoms with Gasteiger partial charge in [0.1, 0.15) is 11.5 Å². The minimum absolute atomic E-state index is 0.177. The SMILES string of the molecule is O=C1C(N2CC2)=CC(=O)c2c1nnn2CN1CCN(c2ccccn2)CC1. The van der Waals surface area contributed by atoms with Gasteiger partial charge in [-0.3, -0.25) is 14.5 Å². The van der Waals surface area contributed by atoms with Crippen molar-refractivity contribution in [3.05, 3.63) is 47.6 Å². The van der Waals surface area contributed by atoms with Crippen LogP contribution in [-0.4, -0.2) is 80.6 Å². The Morgan fingerprint density at radius 1 is 0.963 bits per heavy atom. The Labute approximate surface area is 155 Å². The van der Waals surface area contributed by atoms with Gasteiger partial charge < -0.3 is 9.80 Å². The number of fused-ring (bicyclic) bond motifs is 1. The number of ketones is 2. The van der Waals surface area contributed by atoms with Crippen molar-refractivity contribution in [1.29, 1.82) is 0 Å². The predicted octanol–water partition coefficient (Wildman–Crippen LogP) is 0.0313. The van der Waals surface area contributed by atoms with E-state index in [1.165, 1.54) is 6.08 Å². The topological polar surface area (TPSA) is 87.2 Å². The highest BCUT2D eigenvalue weighted by Crippen LogP contribution is 2.25. The smallest absolute Gasteiger partial charge is 0.231 e. The molecule has 2 aromatic rings. The minimum atomic E-state index is -0.201. The Morgan fingerprint density at radius 2 is 1.74 bits per heavy atom. The first-order valence-electron chi connectivity index (χ1n) is 9.08. The molecule has 0 unspecified atom stereocenters. The lowest BCUT2D eigenvalue weighted by molar-refractivity contribution is 0.0958. The van der Waals surface area contributed by atoms with E-state index >= 15 is 0 Å². The van der Waals surface area contributed by atoms with E-state index < -0.39 is 0 Å². The molecule has 2 saturated heterocycles. The van der Waals surface area contributed by atoms with Gasteiger partial charge in [0.25, 0.3) is 0 Å². The van der Waals surface area contributed by atoms with Crippen LogP contribution in [0.4, 0.5) is 5.82 Å². The highest BCUT2D eigenvalue weighted by Gasteiger charge is 2.37. The van der Waals surface area contributed by atoms with E-state index in [2.05, 4.69) is 25.1 Å². The van der Waals surface area contributed by atoms with Crippen molar-refractivity contribution in [3.63, 3.8) is 0 Å². The molecule has 0 spiro atoms. The summed E-state index contributed by atoms with van der Waals surface area (Å²) in [5, 5.41) is 8.09. The van der Waals surface area contributed by atoms with Crippen LogP contribution >= 0.6 is 0 Å². The molecule has 27 heavy (non-hydrogen) atoms. The summed E-state index contributed by atoms with van der Waals surface area (Å²) in [6, 6.07) is 5.90. The summed E-state index contributed by atoms with van der Waals surface area (Å²) in [5.41, 5.74) is 0.929. The molecule has 9 nitrogen and oxygen atoms in total. The maximum absolute atomic E-state index is 12.5. The van der Waals surface area contributed by atoms with Gasteiger partial charge in [-0.15, -0.1) is 5.10 Å². The van der Waals surface area contributed by atoms with Gasteiger partial charge in [-0.1, -0.05) is 11.3 Å². The second kappa shape index (κ2) is 6.27. The molecule has 0 atom stereocenters. The third-order valence-electron chi connectivity index (χ3n) is 5.15. The lowest BCUT2D eigenvalue weighted by Gasteiger charge is -2.35. The molecule has 0 N–H and O–H groups in total. The standard InChI is InChI=1S/C18H19N7O2/c26-14-11-13(23-9-10-23)18(27)16-17(14)25(21-20-16)12-22-5-7-24(8-6-22)15-3-1-2-4-19-15/h1-4,11H,5-10,12H2. The Kier molecular flexibility index (Phi) is 3.75. The average molecular weight is 365 g/mol. The number of aromatic nitrogens is 4. The van der Waals surface area contributed by atoms with Gasteiger partial charge in [0.2, 0.25) is 11.6 Å². The number of allylic oxidation sites excluding steroid dienone is 2. The summed E-state index contributed by atoms with van der Waals surface area (Å²) in [6.07, 6.45) is 3.22. The predicted molar refractivity (Wildman–Crippen MR) is 96.4 cm³/mol. The van der Waals surface area contributed by atoms with Crippen molar-refractivity contribution in [2.24, 2.45) is 0 Å². The van der Waals surface area contributed by atoms with E-state index in [9.17, 15) is 9.59 Å². The van der Waals surface area contributed by atoms with Gasteiger partial charge in [-0.05, 0) is 12.1 Å². The molecule has 9 heteroatoms. The van der Waals surface area contributed by atoms with Crippen molar-refractivity contribution < 1.29 is 9.59 Å². The number of anilines is 1. The van der Waals surface area contributed by atoms with Crippen molar-refractivity contribution in [1.82, 2.24) is 29.8 Å². The third kappa shape index (κ3) is 2.89. The number of carbonyl (C=O) groups is 2. The van der Waals surface area contributed by atoms with E-state index in [4.69, 9.17) is 0 Å². The largest absolute Gasteiger partial charge is 0.365 e. The first-order chi connectivity index (χ1) is 13.2. The molecule has 0 bridgehead atoms. The van der Waals surface area contributed by atoms with Crippen LogP contribution < -0.4 is 4.90 Å². The Balaban J connectivity index is 1.28. The normalized spacial score (nSPS) is 19.9. The highest BCUT2D eigenvalue weighted by atomic mass is 16.1. The molecular weight excluding hydrogens is 346 g/mol. The van der Waals surface area contributed by atoms with Crippen LogP contribution in [0.1, 0.15) is 21.0 Å². The maximum Gasteiger partial charge on any atom is 0.231 e. The molecule has 2 fully saturated rings. The number of hydrogen-bond acceptors (Lipinski definition) is 8. The van der Waals surface area contributed by atoms with Crippen LogP contribution in [0.25, 0.3) is 0 Å². The van der Waals surface area contributed by atoms with Crippen LogP contribution in [0, 0.1) is 0 Å². The lowest BCUT2D eigenvalue weighted by Crippen LogP contribution is -2.47. The molecule has 0 saturated carbocycles. The fourth-order valence-electron chi connectivity index (χ4n) is 3.56. The maximum atomic E-state index is 12.5. The molecule has 0 amide bonds. The molecule has 0 radical (unpaired) electrons. The number of piperazine rings is 1. The second-order valence-corrected chi connectivity index (χ2v) is 6.93. The van der Waals surface area contributed by atoms with Crippen LogP contribution in [0.2, 0.25) is 0 Å². The molecule has 138 valence electrons. The lowest BCUT2D eigenvalue weighted by atomic mass is 10.0. The number of carbonyl (C=O) groups excluding carboxylic acids is 2. The van der Waals surface area contributed by atoms with Gasteiger partial charge in [0.15, 0.2) is 5.69 Å². The van der Waals surface area contributed by atoms with Crippen LogP contribution in [0.5, 0.6) is 0 Å². The Morgan fingerprint density at radius 3 is 2.44 bits per heavy atom. The van der Waals surface area contributed by atoms with Gasteiger partial charge in [0.05, 0.1) is 12.4 Å². The first kappa shape index (κ1) is 16.1. The quantitative estimate of drug-likeness (QED) is 0.702. The highest BCUT2D eigenvalue weighted by molar-refractivity contribution is 6.22. The third-order valence-corrected chi connectivity index (χ3v) is 5.15. The summed E-state index contributed by atoms with van der Waals surface area (Å²) in [4.78, 5) is 35.8. The molecule has 2 aromatic heterocycles. The van der Waals surface area contributed by atoms with Crippen molar-refractivity contribution in [2.75, 3.05) is 44.2 Å². The van der Waals surface area contributed by atoms with E-state index in [-0.39, 0.29) is 17.3 Å². The number of rotatable bonds is 4. The average Bonchev–Trinajstić information content (AvgIpc) is 3.46. The Hall–Kier alpha value is -3.07. The summed E-state index contributed by atoms with van der Waals surface area (Å²) >= 11 is 0. The number of Topliss-reactive ketones (excluding diaryl/α,β-unsaturated/α-hetero) is 1. The molecule has 1 aliphatic carbocycles. The molecule has 2 aliphatic heterocycles. The van der Waals surface area contributed by atoms with E-state index in [0.717, 1.165) is 45.1 Å².